The molecule has 3 aromatic carbocycles. The SMILES string of the molecule is CC12c3ccccc3C(C)(c3cc(N)c(O)cc31)c1cc(O)c(N)cc12. The van der Waals surface area contributed by atoms with E-state index in [2.05, 4.69) is 26.0 Å². The highest BCUT2D eigenvalue weighted by atomic mass is 16.3. The minimum absolute atomic E-state index is 0.0897. The van der Waals surface area contributed by atoms with Crippen LogP contribution in [-0.4, -0.2) is 10.2 Å². The summed E-state index contributed by atoms with van der Waals surface area (Å²) >= 11 is 0. The molecular weight excluding hydrogens is 324 g/mol. The summed E-state index contributed by atoms with van der Waals surface area (Å²) in [5.41, 5.74) is 18.4. The Morgan fingerprint density at radius 1 is 0.615 bits per heavy atom. The number of benzene rings is 3. The number of aromatic hydroxyl groups is 2. The number of phenolic OH excluding ortho intramolecular Hbond substituents is 2. The second kappa shape index (κ2) is 4.33. The molecule has 3 aliphatic carbocycles. The van der Waals surface area contributed by atoms with Crippen molar-refractivity contribution in [1.29, 1.82) is 0 Å². The first-order chi connectivity index (χ1) is 12.3. The van der Waals surface area contributed by atoms with Crippen LogP contribution in [0.15, 0.2) is 48.5 Å². The van der Waals surface area contributed by atoms with Gasteiger partial charge < -0.3 is 21.7 Å². The van der Waals surface area contributed by atoms with E-state index in [1.165, 1.54) is 11.1 Å². The average molecular weight is 344 g/mol. The summed E-state index contributed by atoms with van der Waals surface area (Å²) < 4.78 is 0. The van der Waals surface area contributed by atoms with Crippen LogP contribution in [0.25, 0.3) is 0 Å². The lowest BCUT2D eigenvalue weighted by Gasteiger charge is -2.54. The van der Waals surface area contributed by atoms with Crippen LogP contribution in [0.2, 0.25) is 0 Å². The molecule has 0 spiro atoms. The molecule has 2 bridgehead atoms. The third-order valence-corrected chi connectivity index (χ3v) is 6.49. The van der Waals surface area contributed by atoms with Crippen LogP contribution in [0.3, 0.4) is 0 Å². The van der Waals surface area contributed by atoms with Crippen molar-refractivity contribution in [2.24, 2.45) is 0 Å². The molecule has 130 valence electrons. The molecule has 0 heterocycles. The van der Waals surface area contributed by atoms with Crippen molar-refractivity contribution in [1.82, 2.24) is 0 Å². The van der Waals surface area contributed by atoms with E-state index >= 15 is 0 Å². The van der Waals surface area contributed by atoms with Crippen LogP contribution < -0.4 is 11.5 Å². The maximum atomic E-state index is 10.3. The van der Waals surface area contributed by atoms with Gasteiger partial charge in [-0.05, 0) is 71.5 Å². The summed E-state index contributed by atoms with van der Waals surface area (Å²) in [6, 6.07) is 15.6. The molecule has 26 heavy (non-hydrogen) atoms. The standard InChI is InChI=1S/C22H20N2O2/c1-21-11-5-3-4-6-12(11)22(2,14-8-18(24)19(25)9-15(14)21)16-10-20(26)17(23)7-13(16)21/h3-10,25-26H,23-24H2,1-2H3. The fourth-order valence-corrected chi connectivity index (χ4v) is 5.09. The van der Waals surface area contributed by atoms with Crippen molar-refractivity contribution in [3.05, 3.63) is 81.9 Å². The first kappa shape index (κ1) is 15.1. The largest absolute Gasteiger partial charge is 0.506 e. The van der Waals surface area contributed by atoms with Crippen molar-refractivity contribution in [2.45, 2.75) is 24.7 Å². The molecule has 0 aromatic heterocycles. The Hall–Kier alpha value is -3.14. The molecule has 2 atom stereocenters. The quantitative estimate of drug-likeness (QED) is 0.370. The van der Waals surface area contributed by atoms with Crippen LogP contribution >= 0.6 is 0 Å². The first-order valence-corrected chi connectivity index (χ1v) is 8.66. The van der Waals surface area contributed by atoms with E-state index in [0.717, 1.165) is 22.3 Å². The Bertz CT molecular complexity index is 971. The van der Waals surface area contributed by atoms with Crippen LogP contribution in [-0.2, 0) is 10.8 Å². The lowest BCUT2D eigenvalue weighted by atomic mass is 9.48. The number of rotatable bonds is 0. The maximum Gasteiger partial charge on any atom is 0.138 e. The van der Waals surface area contributed by atoms with Crippen LogP contribution in [0.5, 0.6) is 11.5 Å². The van der Waals surface area contributed by atoms with Crippen LogP contribution in [0.1, 0.15) is 47.2 Å². The van der Waals surface area contributed by atoms with Gasteiger partial charge in [-0.15, -0.1) is 0 Å². The van der Waals surface area contributed by atoms with Gasteiger partial charge in [0.1, 0.15) is 11.5 Å². The highest BCUT2D eigenvalue weighted by Crippen LogP contribution is 2.63. The number of nitrogens with two attached hydrogens (primary N) is 2. The molecular formula is C22H20N2O2. The number of nitrogen functional groups attached to an aromatic ring is 2. The fourth-order valence-electron chi connectivity index (χ4n) is 5.09. The van der Waals surface area contributed by atoms with Gasteiger partial charge in [0, 0.05) is 10.8 Å². The molecule has 0 saturated heterocycles. The van der Waals surface area contributed by atoms with Gasteiger partial charge >= 0.3 is 0 Å². The van der Waals surface area contributed by atoms with Gasteiger partial charge in [-0.3, -0.25) is 0 Å². The van der Waals surface area contributed by atoms with Gasteiger partial charge in [-0.25, -0.2) is 0 Å². The second-order valence-corrected chi connectivity index (χ2v) is 7.71. The first-order valence-electron chi connectivity index (χ1n) is 8.66. The maximum absolute atomic E-state index is 10.3. The van der Waals surface area contributed by atoms with E-state index in [0.29, 0.717) is 11.4 Å². The van der Waals surface area contributed by atoms with Crippen molar-refractivity contribution in [3.63, 3.8) is 0 Å². The second-order valence-electron chi connectivity index (χ2n) is 7.71. The predicted octanol–water partition coefficient (Wildman–Crippen LogP) is 3.60. The smallest absolute Gasteiger partial charge is 0.138 e. The van der Waals surface area contributed by atoms with Crippen molar-refractivity contribution in [3.8, 4) is 11.5 Å². The molecule has 0 saturated carbocycles. The highest BCUT2D eigenvalue weighted by molar-refractivity contribution is 5.79. The number of hydrogen-bond donors (Lipinski definition) is 4. The van der Waals surface area contributed by atoms with Crippen molar-refractivity contribution in [2.75, 3.05) is 11.5 Å². The lowest BCUT2D eigenvalue weighted by Crippen LogP contribution is -2.48. The molecule has 2 unspecified atom stereocenters. The van der Waals surface area contributed by atoms with Crippen LogP contribution in [0, 0.1) is 0 Å². The number of phenols is 2. The van der Waals surface area contributed by atoms with Crippen LogP contribution in [0.4, 0.5) is 11.4 Å². The van der Waals surface area contributed by atoms with E-state index in [4.69, 9.17) is 11.5 Å². The monoisotopic (exact) mass is 344 g/mol. The molecule has 3 aliphatic rings. The van der Waals surface area contributed by atoms with Gasteiger partial charge in [0.25, 0.3) is 0 Å². The predicted molar refractivity (Wildman–Crippen MR) is 103 cm³/mol. The summed E-state index contributed by atoms with van der Waals surface area (Å²) in [5.74, 6) is 0.179. The van der Waals surface area contributed by atoms with E-state index in [1.54, 1.807) is 12.1 Å². The molecule has 4 heteroatoms. The third-order valence-electron chi connectivity index (χ3n) is 6.49. The summed E-state index contributed by atoms with van der Waals surface area (Å²) in [6.07, 6.45) is 0. The third kappa shape index (κ3) is 1.43. The van der Waals surface area contributed by atoms with Crippen molar-refractivity contribution >= 4 is 11.4 Å². The molecule has 0 radical (unpaired) electrons. The Balaban J connectivity index is 2.03. The Labute approximate surface area is 151 Å². The summed E-state index contributed by atoms with van der Waals surface area (Å²) in [6.45, 7) is 4.29. The number of anilines is 2. The zero-order chi connectivity index (χ0) is 18.4. The zero-order valence-electron chi connectivity index (χ0n) is 14.7. The normalized spacial score (nSPS) is 24.7. The van der Waals surface area contributed by atoms with Gasteiger partial charge in [-0.2, -0.15) is 0 Å². The Morgan fingerprint density at radius 2 is 0.962 bits per heavy atom. The minimum atomic E-state index is -0.480. The molecule has 3 aromatic rings. The highest BCUT2D eigenvalue weighted by Gasteiger charge is 2.55. The molecule has 0 aliphatic heterocycles. The average Bonchev–Trinajstić information content (AvgIpc) is 2.62. The van der Waals surface area contributed by atoms with Crippen molar-refractivity contribution < 1.29 is 10.2 Å². The van der Waals surface area contributed by atoms with Gasteiger partial charge in [0.05, 0.1) is 11.4 Å². The van der Waals surface area contributed by atoms with Gasteiger partial charge in [0.2, 0.25) is 0 Å². The molecule has 4 nitrogen and oxygen atoms in total. The zero-order valence-corrected chi connectivity index (χ0v) is 14.7. The minimum Gasteiger partial charge on any atom is -0.506 e. The molecule has 6 rings (SSSR count). The van der Waals surface area contributed by atoms with E-state index in [9.17, 15) is 10.2 Å². The Morgan fingerprint density at radius 3 is 1.35 bits per heavy atom. The summed E-state index contributed by atoms with van der Waals surface area (Å²) in [5, 5.41) is 20.6. The summed E-state index contributed by atoms with van der Waals surface area (Å²) in [4.78, 5) is 0. The van der Waals surface area contributed by atoms with E-state index in [-0.39, 0.29) is 11.5 Å². The van der Waals surface area contributed by atoms with Gasteiger partial charge in [-0.1, -0.05) is 24.3 Å². The molecule has 6 N–H and O–H groups in total. The lowest BCUT2D eigenvalue weighted by molar-refractivity contribution is 0.458. The van der Waals surface area contributed by atoms with E-state index in [1.807, 2.05) is 24.3 Å². The fraction of sp³-hybridized carbons (Fsp3) is 0.182. The number of hydrogen-bond acceptors (Lipinski definition) is 4. The van der Waals surface area contributed by atoms with Gasteiger partial charge in [0.15, 0.2) is 0 Å². The van der Waals surface area contributed by atoms with E-state index < -0.39 is 10.8 Å². The molecule has 0 fully saturated rings. The summed E-state index contributed by atoms with van der Waals surface area (Å²) in [7, 11) is 0. The topological polar surface area (TPSA) is 92.5 Å². The molecule has 0 amide bonds. The Kier molecular flexibility index (Phi) is 2.52.